The van der Waals surface area contributed by atoms with E-state index in [1.54, 1.807) is 0 Å². The SMILES string of the molecule is Cl.N#CC[C@@H](N)c1ccc(C(F)(F)F)cc1. The Labute approximate surface area is 97.3 Å². The van der Waals surface area contributed by atoms with Crippen molar-refractivity contribution in [2.24, 2.45) is 5.73 Å². The van der Waals surface area contributed by atoms with Crippen molar-refractivity contribution in [1.82, 2.24) is 0 Å². The number of benzene rings is 1. The first kappa shape index (κ1) is 14.8. The van der Waals surface area contributed by atoms with Crippen LogP contribution >= 0.6 is 12.4 Å². The van der Waals surface area contributed by atoms with Gasteiger partial charge in [0.1, 0.15) is 0 Å². The molecule has 0 bridgehead atoms. The van der Waals surface area contributed by atoms with Gasteiger partial charge in [0.05, 0.1) is 18.1 Å². The van der Waals surface area contributed by atoms with Gasteiger partial charge >= 0.3 is 6.18 Å². The van der Waals surface area contributed by atoms with Crippen LogP contribution in [0.15, 0.2) is 24.3 Å². The summed E-state index contributed by atoms with van der Waals surface area (Å²) in [6, 6.07) is 5.86. The number of nitriles is 1. The summed E-state index contributed by atoms with van der Waals surface area (Å²) < 4.78 is 36.6. The molecule has 1 rings (SSSR count). The molecule has 0 saturated carbocycles. The second-order valence-corrected chi connectivity index (χ2v) is 3.09. The highest BCUT2D eigenvalue weighted by molar-refractivity contribution is 5.85. The lowest BCUT2D eigenvalue weighted by Crippen LogP contribution is -2.10. The molecule has 0 spiro atoms. The zero-order valence-corrected chi connectivity index (χ0v) is 8.98. The van der Waals surface area contributed by atoms with Crippen LogP contribution in [0.5, 0.6) is 0 Å². The molecule has 0 heterocycles. The van der Waals surface area contributed by atoms with Crippen LogP contribution in [-0.4, -0.2) is 0 Å². The van der Waals surface area contributed by atoms with E-state index in [-0.39, 0.29) is 18.8 Å². The van der Waals surface area contributed by atoms with Gasteiger partial charge in [-0.2, -0.15) is 18.4 Å². The second kappa shape index (κ2) is 5.73. The summed E-state index contributed by atoms with van der Waals surface area (Å²) in [5, 5.41) is 8.37. The Balaban J connectivity index is 0.00000225. The van der Waals surface area contributed by atoms with Crippen molar-refractivity contribution in [2.75, 3.05) is 0 Å². The van der Waals surface area contributed by atoms with Crippen molar-refractivity contribution in [1.29, 1.82) is 5.26 Å². The molecule has 0 amide bonds. The van der Waals surface area contributed by atoms with Crippen LogP contribution in [0.1, 0.15) is 23.6 Å². The summed E-state index contributed by atoms with van der Waals surface area (Å²) in [5.74, 6) is 0. The fraction of sp³-hybridized carbons (Fsp3) is 0.300. The van der Waals surface area contributed by atoms with Gasteiger partial charge < -0.3 is 5.73 Å². The van der Waals surface area contributed by atoms with E-state index in [0.29, 0.717) is 5.56 Å². The Morgan fingerprint density at radius 3 is 2.12 bits per heavy atom. The summed E-state index contributed by atoms with van der Waals surface area (Å²) in [4.78, 5) is 0. The number of nitrogens with two attached hydrogens (primary N) is 1. The van der Waals surface area contributed by atoms with E-state index in [1.165, 1.54) is 12.1 Å². The maximum Gasteiger partial charge on any atom is 0.416 e. The van der Waals surface area contributed by atoms with E-state index >= 15 is 0 Å². The van der Waals surface area contributed by atoms with E-state index in [1.807, 2.05) is 6.07 Å². The molecule has 1 aromatic carbocycles. The third-order valence-electron chi connectivity index (χ3n) is 1.98. The fourth-order valence-corrected chi connectivity index (χ4v) is 1.14. The zero-order valence-electron chi connectivity index (χ0n) is 8.16. The molecule has 6 heteroatoms. The van der Waals surface area contributed by atoms with Gasteiger partial charge in [-0.05, 0) is 17.7 Å². The third kappa shape index (κ3) is 3.72. The van der Waals surface area contributed by atoms with Crippen LogP contribution < -0.4 is 5.73 Å². The van der Waals surface area contributed by atoms with E-state index in [9.17, 15) is 13.2 Å². The first-order valence-electron chi connectivity index (χ1n) is 4.25. The Kier molecular flexibility index (Phi) is 5.28. The van der Waals surface area contributed by atoms with Gasteiger partial charge in [0, 0.05) is 6.04 Å². The van der Waals surface area contributed by atoms with Crippen molar-refractivity contribution in [3.63, 3.8) is 0 Å². The van der Waals surface area contributed by atoms with Crippen molar-refractivity contribution in [2.45, 2.75) is 18.6 Å². The highest BCUT2D eigenvalue weighted by Gasteiger charge is 2.30. The van der Waals surface area contributed by atoms with E-state index in [4.69, 9.17) is 11.0 Å². The molecule has 0 fully saturated rings. The van der Waals surface area contributed by atoms with Gasteiger partial charge in [-0.1, -0.05) is 12.1 Å². The molecule has 0 aliphatic carbocycles. The highest BCUT2D eigenvalue weighted by atomic mass is 35.5. The maximum absolute atomic E-state index is 12.2. The minimum absolute atomic E-state index is 0. The van der Waals surface area contributed by atoms with Crippen molar-refractivity contribution in [3.05, 3.63) is 35.4 Å². The lowest BCUT2D eigenvalue weighted by molar-refractivity contribution is -0.137. The molecule has 0 aliphatic rings. The third-order valence-corrected chi connectivity index (χ3v) is 1.98. The van der Waals surface area contributed by atoms with Crippen LogP contribution in [-0.2, 0) is 6.18 Å². The first-order chi connectivity index (χ1) is 6.95. The molecule has 0 aromatic heterocycles. The van der Waals surface area contributed by atoms with Gasteiger partial charge in [0.2, 0.25) is 0 Å². The maximum atomic E-state index is 12.2. The molecule has 1 aromatic rings. The van der Waals surface area contributed by atoms with E-state index < -0.39 is 17.8 Å². The lowest BCUT2D eigenvalue weighted by Gasteiger charge is -2.10. The Morgan fingerprint density at radius 1 is 1.25 bits per heavy atom. The summed E-state index contributed by atoms with van der Waals surface area (Å²) in [6.45, 7) is 0. The number of hydrogen-bond acceptors (Lipinski definition) is 2. The summed E-state index contributed by atoms with van der Waals surface area (Å²) in [7, 11) is 0. The lowest BCUT2D eigenvalue weighted by atomic mass is 10.0. The van der Waals surface area contributed by atoms with Crippen LogP contribution in [0.2, 0.25) is 0 Å². The van der Waals surface area contributed by atoms with Gasteiger partial charge in [0.25, 0.3) is 0 Å². The Morgan fingerprint density at radius 2 is 1.75 bits per heavy atom. The normalized spacial score (nSPS) is 12.4. The molecular weight excluding hydrogens is 241 g/mol. The summed E-state index contributed by atoms with van der Waals surface area (Å²) in [6.07, 6.45) is -4.25. The largest absolute Gasteiger partial charge is 0.416 e. The Hall–Kier alpha value is -1.25. The molecule has 1 atom stereocenters. The zero-order chi connectivity index (χ0) is 11.5. The van der Waals surface area contributed by atoms with Gasteiger partial charge in [-0.25, -0.2) is 0 Å². The fourth-order valence-electron chi connectivity index (χ4n) is 1.14. The van der Waals surface area contributed by atoms with Crippen molar-refractivity contribution in [3.8, 4) is 6.07 Å². The molecule has 0 aliphatic heterocycles. The number of rotatable bonds is 2. The van der Waals surface area contributed by atoms with Gasteiger partial charge in [-0.15, -0.1) is 12.4 Å². The molecule has 0 saturated heterocycles. The minimum atomic E-state index is -4.34. The molecule has 0 unspecified atom stereocenters. The minimum Gasteiger partial charge on any atom is -0.323 e. The first-order valence-corrected chi connectivity index (χ1v) is 4.25. The standard InChI is InChI=1S/C10H9F3N2.ClH/c11-10(12,13)8-3-1-7(2-4-8)9(15)5-6-14;/h1-4,9H,5,15H2;1H/t9-;/m1./s1. The molecule has 0 radical (unpaired) electrons. The Bertz CT molecular complexity index is 367. The van der Waals surface area contributed by atoms with Crippen LogP contribution in [0.25, 0.3) is 0 Å². The van der Waals surface area contributed by atoms with Crippen molar-refractivity contribution < 1.29 is 13.2 Å². The van der Waals surface area contributed by atoms with Crippen molar-refractivity contribution >= 4 is 12.4 Å². The van der Waals surface area contributed by atoms with Crippen LogP contribution in [0, 0.1) is 11.3 Å². The smallest absolute Gasteiger partial charge is 0.323 e. The topological polar surface area (TPSA) is 49.8 Å². The summed E-state index contributed by atoms with van der Waals surface area (Å²) in [5.41, 5.74) is 5.38. The predicted octanol–water partition coefficient (Wildman–Crippen LogP) is 3.04. The van der Waals surface area contributed by atoms with Gasteiger partial charge in [-0.3, -0.25) is 0 Å². The van der Waals surface area contributed by atoms with Crippen LogP contribution in [0.4, 0.5) is 13.2 Å². The molecule has 2 N–H and O–H groups in total. The molecular formula is C10H10ClF3N2. The van der Waals surface area contributed by atoms with E-state index in [2.05, 4.69) is 0 Å². The average molecular weight is 251 g/mol. The number of hydrogen-bond donors (Lipinski definition) is 1. The molecule has 2 nitrogen and oxygen atoms in total. The number of halogens is 4. The molecule has 88 valence electrons. The highest BCUT2D eigenvalue weighted by Crippen LogP contribution is 2.29. The van der Waals surface area contributed by atoms with Gasteiger partial charge in [0.15, 0.2) is 0 Å². The number of nitrogens with zero attached hydrogens (tertiary/aromatic N) is 1. The summed E-state index contributed by atoms with van der Waals surface area (Å²) >= 11 is 0. The molecule has 16 heavy (non-hydrogen) atoms. The average Bonchev–Trinajstić information content (AvgIpc) is 2.17. The van der Waals surface area contributed by atoms with Crippen LogP contribution in [0.3, 0.4) is 0 Å². The van der Waals surface area contributed by atoms with E-state index in [0.717, 1.165) is 12.1 Å². The predicted molar refractivity (Wildman–Crippen MR) is 55.9 cm³/mol. The quantitative estimate of drug-likeness (QED) is 0.877. The number of alkyl halides is 3. The monoisotopic (exact) mass is 250 g/mol. The second-order valence-electron chi connectivity index (χ2n) is 3.09.